The van der Waals surface area contributed by atoms with E-state index in [1.54, 1.807) is 6.92 Å². The summed E-state index contributed by atoms with van der Waals surface area (Å²) in [4.78, 5) is 0. The summed E-state index contributed by atoms with van der Waals surface area (Å²) in [6, 6.07) is 0. The van der Waals surface area contributed by atoms with Gasteiger partial charge in [0.2, 0.25) is 0 Å². The summed E-state index contributed by atoms with van der Waals surface area (Å²) in [6.07, 6.45) is -33.7. The molecule has 0 aromatic heterocycles. The Morgan fingerprint density at radius 2 is 1.01 bits per heavy atom. The average molecular weight is 1290 g/mol. The first-order valence-corrected chi connectivity index (χ1v) is 31.9. The minimum absolute atomic E-state index is 0.0139. The fourth-order valence-electron chi connectivity index (χ4n) is 17.2. The van der Waals surface area contributed by atoms with E-state index in [4.69, 9.17) is 47.4 Å². The van der Waals surface area contributed by atoms with Gasteiger partial charge in [-0.15, -0.1) is 0 Å². The lowest BCUT2D eigenvalue weighted by molar-refractivity contribution is -0.378. The molecule has 28 heteroatoms. The van der Waals surface area contributed by atoms with Gasteiger partial charge in [0.15, 0.2) is 31.5 Å². The third-order valence-electron chi connectivity index (χ3n) is 23.3. The molecule has 5 aliphatic heterocycles. The first-order valence-electron chi connectivity index (χ1n) is 31.9. The number of allylic oxidation sites excluding steroid dienone is 1. The van der Waals surface area contributed by atoms with Gasteiger partial charge in [-0.05, 0) is 99.7 Å². The molecular formula is C61H104O28. The van der Waals surface area contributed by atoms with Crippen LogP contribution in [0.3, 0.4) is 0 Å². The van der Waals surface area contributed by atoms with Gasteiger partial charge in [-0.1, -0.05) is 60.1 Å². The molecule has 0 amide bonds. The third-order valence-corrected chi connectivity index (χ3v) is 23.3. The van der Waals surface area contributed by atoms with E-state index in [0.717, 1.165) is 18.4 Å². The Labute approximate surface area is 518 Å². The molecule has 0 spiro atoms. The van der Waals surface area contributed by atoms with Crippen LogP contribution in [0.4, 0.5) is 0 Å². The maximum atomic E-state index is 12.8. The molecule has 89 heavy (non-hydrogen) atoms. The molecule has 9 rings (SSSR count). The monoisotopic (exact) mass is 1280 g/mol. The van der Waals surface area contributed by atoms with Crippen molar-refractivity contribution in [1.82, 2.24) is 0 Å². The Balaban J connectivity index is 0.883. The molecule has 5 saturated heterocycles. The Morgan fingerprint density at radius 3 is 1.55 bits per heavy atom. The molecule has 0 aromatic carbocycles. The second kappa shape index (κ2) is 27.6. The SMILES string of the molecule is C[C@H]1[C@H](O)[C@@H](O)[C@H](O[C@H]2[C@H](O[C@H](CC[C@@H](C)C3CC[C@@]4(C)C5CC=C6C(CC[C@H](O[C@@H]7O[C@H](CO[C@H]8O[C@H](CO)[C@@H](O)[C@H](O)[C@H]8O)[C@@H](O)[C@H](O)[C@H]7O)C6(C)C)[C@]5(C)[C@H](O)C[C@]34C)C(C)(C)O)O[C@H](CO[C@@H]3O[C@H](CO)[C@@H](O)[C@H](O)[C@H]3O)[C@@H](O)[C@@H]2O)O[C@@H]1CO. The quantitative estimate of drug-likeness (QED) is 0.0515. The van der Waals surface area contributed by atoms with E-state index in [-0.39, 0.29) is 40.9 Å². The lowest BCUT2D eigenvalue weighted by Gasteiger charge is -2.67. The maximum absolute atomic E-state index is 12.8. The summed E-state index contributed by atoms with van der Waals surface area (Å²) < 4.78 is 59.9. The molecule has 18 N–H and O–H groups in total. The molecule has 8 fully saturated rings. The van der Waals surface area contributed by atoms with Crippen LogP contribution >= 0.6 is 0 Å². The van der Waals surface area contributed by atoms with Crippen LogP contribution in [0.25, 0.3) is 0 Å². The predicted octanol–water partition coefficient (Wildman–Crippen LogP) is -4.13. The molecule has 0 aromatic rings. The van der Waals surface area contributed by atoms with Crippen molar-refractivity contribution in [2.24, 2.45) is 51.2 Å². The largest absolute Gasteiger partial charge is 0.394 e. The van der Waals surface area contributed by atoms with Crippen molar-refractivity contribution in [3.8, 4) is 0 Å². The number of ether oxygens (including phenoxy) is 10. The number of aliphatic hydroxyl groups excluding tert-OH is 17. The van der Waals surface area contributed by atoms with Crippen molar-refractivity contribution in [3.05, 3.63) is 11.6 Å². The Morgan fingerprint density at radius 1 is 0.539 bits per heavy atom. The van der Waals surface area contributed by atoms with Crippen LogP contribution in [0.1, 0.15) is 114 Å². The van der Waals surface area contributed by atoms with E-state index < -0.39 is 221 Å². The fourth-order valence-corrected chi connectivity index (χ4v) is 17.2. The van der Waals surface area contributed by atoms with Crippen molar-refractivity contribution in [2.45, 2.75) is 285 Å². The van der Waals surface area contributed by atoms with E-state index >= 15 is 0 Å². The van der Waals surface area contributed by atoms with Gasteiger partial charge in [0, 0.05) is 16.7 Å². The van der Waals surface area contributed by atoms with E-state index in [0.29, 0.717) is 32.1 Å². The van der Waals surface area contributed by atoms with Crippen LogP contribution in [0.5, 0.6) is 0 Å². The second-order valence-electron chi connectivity index (χ2n) is 29.1. The Bertz CT molecular complexity index is 2340. The summed E-state index contributed by atoms with van der Waals surface area (Å²) in [7, 11) is 0. The molecule has 9 aliphatic rings. The topological polar surface area (TPSA) is 456 Å². The van der Waals surface area contributed by atoms with E-state index in [2.05, 4.69) is 33.8 Å². The third kappa shape index (κ3) is 13.1. The Kier molecular flexibility index (Phi) is 22.3. The minimum atomic E-state index is -1.89. The summed E-state index contributed by atoms with van der Waals surface area (Å²) >= 11 is 0. The maximum Gasteiger partial charge on any atom is 0.187 e. The number of hydrogen-bond donors (Lipinski definition) is 18. The van der Waals surface area contributed by atoms with Crippen LogP contribution in [-0.2, 0) is 47.4 Å². The van der Waals surface area contributed by atoms with Crippen molar-refractivity contribution in [1.29, 1.82) is 0 Å². The highest BCUT2D eigenvalue weighted by Crippen LogP contribution is 2.75. The summed E-state index contributed by atoms with van der Waals surface area (Å²) in [5.74, 6) is -0.684. The lowest BCUT2D eigenvalue weighted by Crippen LogP contribution is -2.65. The van der Waals surface area contributed by atoms with E-state index in [1.807, 2.05) is 13.8 Å². The van der Waals surface area contributed by atoms with Crippen molar-refractivity contribution >= 4 is 0 Å². The van der Waals surface area contributed by atoms with Gasteiger partial charge >= 0.3 is 0 Å². The van der Waals surface area contributed by atoms with E-state index in [1.165, 1.54) is 13.8 Å². The molecule has 0 bridgehead atoms. The molecular weight excluding hydrogens is 1180 g/mol. The lowest BCUT2D eigenvalue weighted by atomic mass is 9.38. The number of fused-ring (bicyclic) bond motifs is 5. The average Bonchev–Trinajstić information content (AvgIpc) is 1.66. The number of rotatable bonds is 20. The zero-order chi connectivity index (χ0) is 65.5. The summed E-state index contributed by atoms with van der Waals surface area (Å²) in [5, 5.41) is 195. The van der Waals surface area contributed by atoms with E-state index in [9.17, 15) is 91.9 Å². The van der Waals surface area contributed by atoms with Crippen LogP contribution < -0.4 is 0 Å². The molecule has 4 aliphatic carbocycles. The van der Waals surface area contributed by atoms with Gasteiger partial charge in [-0.3, -0.25) is 0 Å². The van der Waals surface area contributed by atoms with Crippen molar-refractivity contribution in [3.63, 3.8) is 0 Å². The van der Waals surface area contributed by atoms with Crippen LogP contribution in [-0.4, -0.2) is 296 Å². The minimum Gasteiger partial charge on any atom is -0.394 e. The first kappa shape index (κ1) is 71.9. The summed E-state index contributed by atoms with van der Waals surface area (Å²) in [6.45, 7) is 14.6. The van der Waals surface area contributed by atoms with Gasteiger partial charge < -0.3 is 139 Å². The molecule has 516 valence electrons. The van der Waals surface area contributed by atoms with Crippen LogP contribution in [0, 0.1) is 51.2 Å². The molecule has 0 radical (unpaired) electrons. The zero-order valence-electron chi connectivity index (χ0n) is 52.4. The molecule has 3 saturated carbocycles. The second-order valence-corrected chi connectivity index (χ2v) is 29.1. The molecule has 28 nitrogen and oxygen atoms in total. The Hall–Kier alpha value is -1.38. The molecule has 5 heterocycles. The molecule has 35 atom stereocenters. The fraction of sp³-hybridized carbons (Fsp3) is 0.967. The van der Waals surface area contributed by atoms with Gasteiger partial charge in [0.1, 0.15) is 104 Å². The van der Waals surface area contributed by atoms with Gasteiger partial charge in [0.25, 0.3) is 0 Å². The number of aliphatic hydroxyl groups is 18. The summed E-state index contributed by atoms with van der Waals surface area (Å²) in [5.41, 5.74) is -2.39. The van der Waals surface area contributed by atoms with Gasteiger partial charge in [-0.25, -0.2) is 0 Å². The van der Waals surface area contributed by atoms with Crippen LogP contribution in [0.2, 0.25) is 0 Å². The van der Waals surface area contributed by atoms with Gasteiger partial charge in [-0.2, -0.15) is 0 Å². The highest BCUT2D eigenvalue weighted by molar-refractivity contribution is 5.32. The predicted molar refractivity (Wildman–Crippen MR) is 303 cm³/mol. The highest BCUT2D eigenvalue weighted by atomic mass is 16.8. The van der Waals surface area contributed by atoms with Crippen LogP contribution in [0.15, 0.2) is 11.6 Å². The van der Waals surface area contributed by atoms with Crippen molar-refractivity contribution in [2.75, 3.05) is 33.0 Å². The first-order chi connectivity index (χ1) is 41.6. The highest BCUT2D eigenvalue weighted by Gasteiger charge is 2.70. The normalized spacial score (nSPS) is 51.8. The molecule has 3 unspecified atom stereocenters. The smallest absolute Gasteiger partial charge is 0.187 e. The van der Waals surface area contributed by atoms with Gasteiger partial charge in [0.05, 0.1) is 69.2 Å². The standard InChI is InChI=1S/C61H104O28/c1-24(10-14-37(58(5,6)79)88-56-51(89-55-47(75)38(66)25(2)29(19-62)82-55)46(74)42(70)33(86-56)23-81-53-49(77)44(72)40(68)31(21-64)84-53)26-16-17-59(7)34-13-11-27-28(61(34,9)35(65)18-60(26,59)8)12-15-36(57(27,3)4)87-54-50(78)45(73)41(69)32(85-54)22-80-52-48(76)43(71)39(67)30(20-63)83-52/h11,24-26,28-56,62-79H,10,12-23H2,1-9H3/t24-,25-,26?,28?,29-,30-,31-,32-,33-,34?,35-,36+,37-,38+,39-,40-,41-,42-,43+,44+,45+,46+,47-,48-,49-,50-,51-,52+,53-,54+,55+,56+,59+,60-,61+/m1/s1. The number of hydrogen-bond acceptors (Lipinski definition) is 28. The zero-order valence-corrected chi connectivity index (χ0v) is 52.4. The van der Waals surface area contributed by atoms with Crippen molar-refractivity contribution < 1.29 is 139 Å².